The van der Waals surface area contributed by atoms with E-state index in [1.54, 1.807) is 13.8 Å². The van der Waals surface area contributed by atoms with E-state index in [2.05, 4.69) is 0 Å². The molecular formula is C17H22F2O4. The Balaban J connectivity index is 2.35. The number of hydrogen-bond acceptors (Lipinski definition) is 4. The summed E-state index contributed by atoms with van der Waals surface area (Å²) in [7, 11) is 1.26. The summed E-state index contributed by atoms with van der Waals surface area (Å²) >= 11 is 0. The smallest absolute Gasteiger partial charge is 0.314 e. The molecule has 0 spiro atoms. The maximum absolute atomic E-state index is 14.2. The lowest BCUT2D eigenvalue weighted by Gasteiger charge is -2.36. The molecule has 0 aromatic heterocycles. The molecule has 2 unspecified atom stereocenters. The quantitative estimate of drug-likeness (QED) is 0.772. The third-order valence-corrected chi connectivity index (χ3v) is 4.04. The first-order valence-corrected chi connectivity index (χ1v) is 7.66. The topological polar surface area (TPSA) is 44.8 Å². The van der Waals surface area contributed by atoms with Crippen LogP contribution in [0.3, 0.4) is 0 Å². The Morgan fingerprint density at radius 2 is 2.09 bits per heavy atom. The average molecular weight is 328 g/mol. The van der Waals surface area contributed by atoms with Crippen LogP contribution in [-0.4, -0.2) is 26.0 Å². The van der Waals surface area contributed by atoms with Gasteiger partial charge in [0.25, 0.3) is 0 Å². The second-order valence-corrected chi connectivity index (χ2v) is 6.19. The van der Waals surface area contributed by atoms with Gasteiger partial charge in [-0.05, 0) is 39.2 Å². The number of rotatable bonds is 5. The van der Waals surface area contributed by atoms with E-state index in [9.17, 15) is 13.6 Å². The zero-order valence-corrected chi connectivity index (χ0v) is 13.6. The summed E-state index contributed by atoms with van der Waals surface area (Å²) < 4.78 is 43.7. The van der Waals surface area contributed by atoms with Gasteiger partial charge in [0.2, 0.25) is 0 Å². The van der Waals surface area contributed by atoms with Crippen LogP contribution in [0.4, 0.5) is 8.78 Å². The third kappa shape index (κ3) is 4.06. The first-order chi connectivity index (χ1) is 10.9. The van der Waals surface area contributed by atoms with Crippen LogP contribution >= 0.6 is 0 Å². The molecule has 1 aromatic rings. The zero-order chi connectivity index (χ0) is 17.0. The number of methoxy groups -OCH3 is 1. The monoisotopic (exact) mass is 328 g/mol. The van der Waals surface area contributed by atoms with Crippen molar-refractivity contribution in [3.05, 3.63) is 35.4 Å². The van der Waals surface area contributed by atoms with Crippen molar-refractivity contribution < 1.29 is 27.8 Å². The normalized spacial score (nSPS) is 20.1. The summed E-state index contributed by atoms with van der Waals surface area (Å²) in [5, 5.41) is 0. The standard InChI is InChI=1S/C17H22F2O4/c1-17(2,16(20)21-3)15(23-14-6-4-5-9-22-14)12-8-7-11(18)10-13(12)19/h7-8,10,14-15H,4-6,9H2,1-3H3. The van der Waals surface area contributed by atoms with Gasteiger partial charge in [-0.2, -0.15) is 0 Å². The van der Waals surface area contributed by atoms with E-state index in [-0.39, 0.29) is 5.56 Å². The van der Waals surface area contributed by atoms with Gasteiger partial charge in [0.15, 0.2) is 6.29 Å². The molecule has 1 saturated heterocycles. The van der Waals surface area contributed by atoms with Crippen molar-refractivity contribution >= 4 is 5.97 Å². The summed E-state index contributed by atoms with van der Waals surface area (Å²) in [4.78, 5) is 12.1. The number of benzene rings is 1. The molecule has 4 nitrogen and oxygen atoms in total. The molecule has 0 radical (unpaired) electrons. The van der Waals surface area contributed by atoms with Crippen molar-refractivity contribution in [1.29, 1.82) is 0 Å². The number of carbonyl (C=O) groups is 1. The van der Waals surface area contributed by atoms with Crippen molar-refractivity contribution in [3.63, 3.8) is 0 Å². The van der Waals surface area contributed by atoms with Gasteiger partial charge in [-0.1, -0.05) is 6.07 Å². The number of ether oxygens (including phenoxy) is 3. The predicted octanol–water partition coefficient (Wildman–Crippen LogP) is 3.75. The number of esters is 1. The predicted molar refractivity (Wildman–Crippen MR) is 79.6 cm³/mol. The minimum Gasteiger partial charge on any atom is -0.469 e. The van der Waals surface area contributed by atoms with Crippen molar-refractivity contribution in [2.45, 2.75) is 45.5 Å². The van der Waals surface area contributed by atoms with E-state index in [1.165, 1.54) is 13.2 Å². The Bertz CT molecular complexity index is 554. The molecular weight excluding hydrogens is 306 g/mol. The fraction of sp³-hybridized carbons (Fsp3) is 0.588. The van der Waals surface area contributed by atoms with Crippen LogP contribution in [0.25, 0.3) is 0 Å². The van der Waals surface area contributed by atoms with Crippen molar-refractivity contribution in [2.24, 2.45) is 5.41 Å². The van der Waals surface area contributed by atoms with Gasteiger partial charge in [-0.25, -0.2) is 8.78 Å². The van der Waals surface area contributed by atoms with Gasteiger partial charge in [-0.15, -0.1) is 0 Å². The van der Waals surface area contributed by atoms with Gasteiger partial charge in [0.1, 0.15) is 17.7 Å². The minimum atomic E-state index is -1.16. The van der Waals surface area contributed by atoms with Gasteiger partial charge in [0.05, 0.1) is 12.5 Å². The Kier molecular flexibility index (Phi) is 5.70. The fourth-order valence-electron chi connectivity index (χ4n) is 2.69. The van der Waals surface area contributed by atoms with Gasteiger partial charge in [-0.3, -0.25) is 4.79 Å². The second kappa shape index (κ2) is 7.36. The molecule has 0 N–H and O–H groups in total. The Labute approximate surface area is 134 Å². The van der Waals surface area contributed by atoms with E-state index in [4.69, 9.17) is 14.2 Å². The second-order valence-electron chi connectivity index (χ2n) is 6.19. The lowest BCUT2D eigenvalue weighted by atomic mass is 9.82. The summed E-state index contributed by atoms with van der Waals surface area (Å²) in [5.74, 6) is -1.99. The molecule has 0 bridgehead atoms. The summed E-state index contributed by atoms with van der Waals surface area (Å²) in [6, 6.07) is 3.22. The number of hydrogen-bond donors (Lipinski definition) is 0. The van der Waals surface area contributed by atoms with E-state index in [0.29, 0.717) is 13.0 Å². The van der Waals surface area contributed by atoms with Gasteiger partial charge in [0, 0.05) is 18.2 Å². The first kappa shape index (κ1) is 17.8. The third-order valence-electron chi connectivity index (χ3n) is 4.04. The largest absolute Gasteiger partial charge is 0.469 e. The van der Waals surface area contributed by atoms with Crippen LogP contribution in [0.2, 0.25) is 0 Å². The molecule has 23 heavy (non-hydrogen) atoms. The highest BCUT2D eigenvalue weighted by molar-refractivity contribution is 5.76. The molecule has 1 heterocycles. The molecule has 1 aliphatic rings. The molecule has 1 aromatic carbocycles. The average Bonchev–Trinajstić information content (AvgIpc) is 2.53. The molecule has 0 saturated carbocycles. The molecule has 6 heteroatoms. The van der Waals surface area contributed by atoms with Crippen LogP contribution in [0.15, 0.2) is 18.2 Å². The Morgan fingerprint density at radius 3 is 2.65 bits per heavy atom. The van der Waals surface area contributed by atoms with Crippen molar-refractivity contribution in [3.8, 4) is 0 Å². The summed E-state index contributed by atoms with van der Waals surface area (Å²) in [6.45, 7) is 3.77. The summed E-state index contributed by atoms with van der Waals surface area (Å²) in [6.07, 6.45) is 1.06. The van der Waals surface area contributed by atoms with Crippen LogP contribution in [0.1, 0.15) is 44.8 Å². The van der Waals surface area contributed by atoms with E-state index < -0.39 is 35.4 Å². The maximum atomic E-state index is 14.2. The lowest BCUT2D eigenvalue weighted by molar-refractivity contribution is -0.217. The minimum absolute atomic E-state index is 0.107. The summed E-state index contributed by atoms with van der Waals surface area (Å²) in [5.41, 5.74) is -1.05. The van der Waals surface area contributed by atoms with E-state index in [1.807, 2.05) is 0 Å². The van der Waals surface area contributed by atoms with Crippen LogP contribution in [0.5, 0.6) is 0 Å². The fourth-order valence-corrected chi connectivity index (χ4v) is 2.69. The van der Waals surface area contributed by atoms with E-state index in [0.717, 1.165) is 25.0 Å². The van der Waals surface area contributed by atoms with Crippen molar-refractivity contribution in [1.82, 2.24) is 0 Å². The molecule has 0 amide bonds. The maximum Gasteiger partial charge on any atom is 0.314 e. The number of halogens is 2. The van der Waals surface area contributed by atoms with Crippen LogP contribution < -0.4 is 0 Å². The highest BCUT2D eigenvalue weighted by Gasteiger charge is 2.42. The van der Waals surface area contributed by atoms with Crippen LogP contribution in [-0.2, 0) is 19.0 Å². The van der Waals surface area contributed by atoms with Gasteiger partial charge >= 0.3 is 5.97 Å². The first-order valence-electron chi connectivity index (χ1n) is 7.66. The molecule has 128 valence electrons. The number of carbonyl (C=O) groups excluding carboxylic acids is 1. The Hall–Kier alpha value is -1.53. The highest BCUT2D eigenvalue weighted by atomic mass is 19.1. The van der Waals surface area contributed by atoms with Gasteiger partial charge < -0.3 is 14.2 Å². The molecule has 2 rings (SSSR count). The van der Waals surface area contributed by atoms with Crippen molar-refractivity contribution in [2.75, 3.05) is 13.7 Å². The lowest BCUT2D eigenvalue weighted by Crippen LogP contribution is -2.38. The van der Waals surface area contributed by atoms with Crippen LogP contribution in [0, 0.1) is 17.0 Å². The highest BCUT2D eigenvalue weighted by Crippen LogP contribution is 2.40. The SMILES string of the molecule is COC(=O)C(C)(C)C(OC1CCCCO1)c1ccc(F)cc1F. The van der Waals surface area contributed by atoms with E-state index >= 15 is 0 Å². The Morgan fingerprint density at radius 1 is 1.35 bits per heavy atom. The molecule has 1 aliphatic heterocycles. The molecule has 1 fully saturated rings. The molecule has 2 atom stereocenters. The molecule has 0 aliphatic carbocycles. The zero-order valence-electron chi connectivity index (χ0n) is 13.6.